The Hall–Kier alpha value is -1.82. The molecule has 7 heteroatoms. The molecule has 0 spiro atoms. The molecule has 1 aliphatic rings. The van der Waals surface area contributed by atoms with Crippen LogP contribution in [0.1, 0.15) is 0 Å². The number of anilines is 2. The summed E-state index contributed by atoms with van der Waals surface area (Å²) in [6.07, 6.45) is 0. The maximum Gasteiger partial charge on any atom is 0.204 e. The van der Waals surface area contributed by atoms with Gasteiger partial charge in [-0.3, -0.25) is 9.89 Å². The zero-order valence-corrected chi connectivity index (χ0v) is 14.4. The summed E-state index contributed by atoms with van der Waals surface area (Å²) in [6, 6.07) is 14.9. The summed E-state index contributed by atoms with van der Waals surface area (Å²) in [5, 5.41) is 8.32. The summed E-state index contributed by atoms with van der Waals surface area (Å²) in [6.45, 7) is 1.40. The second-order valence-electron chi connectivity index (χ2n) is 4.93. The van der Waals surface area contributed by atoms with Crippen molar-refractivity contribution in [2.75, 3.05) is 23.7 Å². The van der Waals surface area contributed by atoms with Gasteiger partial charge in [0.25, 0.3) is 0 Å². The molecule has 0 aromatic heterocycles. The van der Waals surface area contributed by atoms with Gasteiger partial charge >= 0.3 is 0 Å². The molecule has 2 aromatic carbocycles. The van der Waals surface area contributed by atoms with E-state index in [4.69, 9.17) is 35.4 Å². The molecule has 2 aromatic rings. The van der Waals surface area contributed by atoms with Crippen LogP contribution in [0, 0.1) is 0 Å². The SMILES string of the molecule is S=C(Nc1cccc(Cl)c1)N1CCN=C1Nc1cccc(Cl)c1. The Labute approximate surface area is 150 Å². The summed E-state index contributed by atoms with van der Waals surface area (Å²) in [7, 11) is 0. The van der Waals surface area contributed by atoms with E-state index >= 15 is 0 Å². The lowest BCUT2D eigenvalue weighted by atomic mass is 10.3. The van der Waals surface area contributed by atoms with Crippen molar-refractivity contribution < 1.29 is 0 Å². The van der Waals surface area contributed by atoms with Crippen LogP contribution in [0.2, 0.25) is 10.0 Å². The standard InChI is InChI=1S/C16H14Cl2N4S/c17-11-3-1-5-13(9-11)20-15-19-7-8-22(15)16(23)21-14-6-2-4-12(18)10-14/h1-6,9-10H,7-8H2,(H,19,20)(H,21,23). The number of guanidine groups is 1. The Morgan fingerprint density at radius 1 is 1.04 bits per heavy atom. The second kappa shape index (κ2) is 7.17. The van der Waals surface area contributed by atoms with Gasteiger partial charge in [-0.25, -0.2) is 0 Å². The fourth-order valence-corrected chi connectivity index (χ4v) is 2.88. The van der Waals surface area contributed by atoms with Gasteiger partial charge < -0.3 is 10.6 Å². The quantitative estimate of drug-likeness (QED) is 0.771. The number of hydrogen-bond acceptors (Lipinski definition) is 3. The topological polar surface area (TPSA) is 39.7 Å². The molecule has 0 fully saturated rings. The van der Waals surface area contributed by atoms with Crippen LogP contribution in [0.5, 0.6) is 0 Å². The number of hydrogen-bond donors (Lipinski definition) is 2. The molecule has 0 saturated carbocycles. The Kier molecular flexibility index (Phi) is 5.00. The van der Waals surface area contributed by atoms with Crippen molar-refractivity contribution in [1.29, 1.82) is 0 Å². The average molecular weight is 365 g/mol. The summed E-state index contributed by atoms with van der Waals surface area (Å²) >= 11 is 17.5. The molecular weight excluding hydrogens is 351 g/mol. The highest BCUT2D eigenvalue weighted by Crippen LogP contribution is 2.18. The van der Waals surface area contributed by atoms with Crippen LogP contribution in [0.3, 0.4) is 0 Å². The predicted octanol–water partition coefficient (Wildman–Crippen LogP) is 4.47. The molecule has 1 aliphatic heterocycles. The molecule has 0 radical (unpaired) electrons. The highest BCUT2D eigenvalue weighted by Gasteiger charge is 2.21. The highest BCUT2D eigenvalue weighted by atomic mass is 35.5. The molecule has 2 N–H and O–H groups in total. The van der Waals surface area contributed by atoms with Gasteiger partial charge in [-0.05, 0) is 48.6 Å². The zero-order valence-electron chi connectivity index (χ0n) is 12.1. The largest absolute Gasteiger partial charge is 0.332 e. The van der Waals surface area contributed by atoms with Gasteiger partial charge in [0, 0.05) is 28.0 Å². The number of nitrogens with one attached hydrogen (secondary N) is 2. The van der Waals surface area contributed by atoms with E-state index in [0.29, 0.717) is 27.7 Å². The van der Waals surface area contributed by atoms with E-state index in [0.717, 1.165) is 17.9 Å². The molecule has 0 unspecified atom stereocenters. The number of thiocarbonyl (C=S) groups is 1. The summed E-state index contributed by atoms with van der Waals surface area (Å²) in [5.74, 6) is 0.701. The number of benzene rings is 2. The molecule has 0 amide bonds. The van der Waals surface area contributed by atoms with Gasteiger partial charge in [0.05, 0.1) is 6.54 Å². The number of nitrogens with zero attached hydrogens (tertiary/aromatic N) is 2. The van der Waals surface area contributed by atoms with Crippen molar-refractivity contribution in [3.8, 4) is 0 Å². The van der Waals surface area contributed by atoms with Crippen LogP contribution in [0.4, 0.5) is 11.4 Å². The molecule has 118 valence electrons. The first kappa shape index (κ1) is 16.1. The maximum atomic E-state index is 6.01. The fourth-order valence-electron chi connectivity index (χ4n) is 2.20. The van der Waals surface area contributed by atoms with E-state index in [2.05, 4.69) is 15.6 Å². The average Bonchev–Trinajstić information content (AvgIpc) is 2.95. The fraction of sp³-hybridized carbons (Fsp3) is 0.125. The number of halogens is 2. The first-order valence-corrected chi connectivity index (χ1v) is 8.19. The minimum atomic E-state index is 0.568. The van der Waals surface area contributed by atoms with Crippen molar-refractivity contribution in [3.63, 3.8) is 0 Å². The molecule has 1 heterocycles. The van der Waals surface area contributed by atoms with E-state index in [1.807, 2.05) is 53.4 Å². The third-order valence-electron chi connectivity index (χ3n) is 3.24. The zero-order chi connectivity index (χ0) is 16.2. The molecular formula is C16H14Cl2N4S. The van der Waals surface area contributed by atoms with Crippen molar-refractivity contribution in [2.24, 2.45) is 4.99 Å². The van der Waals surface area contributed by atoms with Gasteiger partial charge in [-0.15, -0.1) is 0 Å². The van der Waals surface area contributed by atoms with Crippen LogP contribution in [-0.4, -0.2) is 29.1 Å². The summed E-state index contributed by atoms with van der Waals surface area (Å²) in [4.78, 5) is 6.37. The molecule has 0 atom stereocenters. The van der Waals surface area contributed by atoms with Crippen LogP contribution >= 0.6 is 35.4 Å². The minimum absolute atomic E-state index is 0.568. The van der Waals surface area contributed by atoms with Crippen LogP contribution in [-0.2, 0) is 0 Å². The third kappa shape index (κ3) is 4.13. The number of rotatable bonds is 2. The molecule has 0 aliphatic carbocycles. The second-order valence-corrected chi connectivity index (χ2v) is 6.19. The van der Waals surface area contributed by atoms with Crippen LogP contribution < -0.4 is 10.6 Å². The van der Waals surface area contributed by atoms with Gasteiger partial charge in [-0.2, -0.15) is 0 Å². The van der Waals surface area contributed by atoms with Gasteiger partial charge in [0.15, 0.2) is 5.11 Å². The van der Waals surface area contributed by atoms with E-state index in [9.17, 15) is 0 Å². The first-order valence-electron chi connectivity index (χ1n) is 7.03. The summed E-state index contributed by atoms with van der Waals surface area (Å²) < 4.78 is 0. The lowest BCUT2D eigenvalue weighted by molar-refractivity contribution is 0.674. The van der Waals surface area contributed by atoms with Crippen molar-refractivity contribution in [2.45, 2.75) is 0 Å². The van der Waals surface area contributed by atoms with Crippen molar-refractivity contribution in [1.82, 2.24) is 4.90 Å². The normalized spacial score (nSPS) is 13.7. The molecule has 0 bridgehead atoms. The highest BCUT2D eigenvalue weighted by molar-refractivity contribution is 7.80. The Morgan fingerprint density at radius 3 is 2.39 bits per heavy atom. The van der Waals surface area contributed by atoms with Crippen molar-refractivity contribution in [3.05, 3.63) is 58.6 Å². The maximum absolute atomic E-state index is 6.01. The number of aliphatic imine (C=N–C) groups is 1. The minimum Gasteiger partial charge on any atom is -0.332 e. The van der Waals surface area contributed by atoms with Crippen LogP contribution in [0.15, 0.2) is 53.5 Å². The van der Waals surface area contributed by atoms with E-state index in [1.165, 1.54) is 0 Å². The molecule has 4 nitrogen and oxygen atoms in total. The van der Waals surface area contributed by atoms with Gasteiger partial charge in [-0.1, -0.05) is 35.3 Å². The predicted molar refractivity (Wildman–Crippen MR) is 102 cm³/mol. The molecule has 3 rings (SSSR count). The van der Waals surface area contributed by atoms with Gasteiger partial charge in [0.1, 0.15) is 0 Å². The van der Waals surface area contributed by atoms with Gasteiger partial charge in [0.2, 0.25) is 5.96 Å². The molecule has 23 heavy (non-hydrogen) atoms. The van der Waals surface area contributed by atoms with E-state index < -0.39 is 0 Å². The first-order chi connectivity index (χ1) is 11.1. The van der Waals surface area contributed by atoms with Crippen LogP contribution in [0.25, 0.3) is 0 Å². The smallest absolute Gasteiger partial charge is 0.204 e. The lowest BCUT2D eigenvalue weighted by Crippen LogP contribution is -2.40. The summed E-state index contributed by atoms with van der Waals surface area (Å²) in [5.41, 5.74) is 1.71. The Balaban J connectivity index is 1.69. The monoisotopic (exact) mass is 364 g/mol. The van der Waals surface area contributed by atoms with E-state index in [-0.39, 0.29) is 0 Å². The van der Waals surface area contributed by atoms with E-state index in [1.54, 1.807) is 0 Å². The lowest BCUT2D eigenvalue weighted by Gasteiger charge is -2.22. The van der Waals surface area contributed by atoms with Crippen molar-refractivity contribution >= 4 is 57.9 Å². The third-order valence-corrected chi connectivity index (χ3v) is 4.04. The molecule has 0 saturated heterocycles. The Bertz CT molecular complexity index is 763. The Morgan fingerprint density at radius 2 is 1.70 bits per heavy atom.